The van der Waals surface area contributed by atoms with Crippen LogP contribution in [0.4, 0.5) is 0 Å². The van der Waals surface area contributed by atoms with Crippen molar-refractivity contribution in [3.63, 3.8) is 0 Å². The van der Waals surface area contributed by atoms with Crippen LogP contribution in [0.5, 0.6) is 0 Å². The fourth-order valence-electron chi connectivity index (χ4n) is 1.72. The molecule has 1 heterocycles. The van der Waals surface area contributed by atoms with Crippen molar-refractivity contribution in [3.8, 4) is 0 Å². The van der Waals surface area contributed by atoms with Gasteiger partial charge in [0, 0.05) is 0 Å². The minimum absolute atomic E-state index is 0.0139. The van der Waals surface area contributed by atoms with Crippen molar-refractivity contribution in [2.24, 2.45) is 0 Å². The molecular formula is C14H24N2O2. The Kier molecular flexibility index (Phi) is 7.97. The molecule has 0 aliphatic rings. The maximum absolute atomic E-state index is 11.5. The largest absolute Gasteiger partial charge is 0.467 e. The van der Waals surface area contributed by atoms with Crippen LogP contribution in [0.1, 0.15) is 44.8 Å². The van der Waals surface area contributed by atoms with Crippen LogP contribution in [-0.2, 0) is 11.3 Å². The van der Waals surface area contributed by atoms with E-state index in [-0.39, 0.29) is 5.91 Å². The van der Waals surface area contributed by atoms with Crippen LogP contribution in [0.15, 0.2) is 22.8 Å². The Morgan fingerprint density at radius 3 is 2.83 bits per heavy atom. The van der Waals surface area contributed by atoms with Gasteiger partial charge in [-0.1, -0.05) is 32.6 Å². The SMILES string of the molecule is CCCCCCCNCC(=O)NCc1ccco1. The van der Waals surface area contributed by atoms with Crippen molar-refractivity contribution < 1.29 is 9.21 Å². The summed E-state index contributed by atoms with van der Waals surface area (Å²) < 4.78 is 5.13. The standard InChI is InChI=1S/C14H24N2O2/c1-2-3-4-5-6-9-15-12-14(17)16-11-13-8-7-10-18-13/h7-8,10,15H,2-6,9,11-12H2,1H3,(H,16,17). The molecular weight excluding hydrogens is 228 g/mol. The molecule has 0 aromatic carbocycles. The molecule has 1 aromatic rings. The van der Waals surface area contributed by atoms with Gasteiger partial charge in [-0.15, -0.1) is 0 Å². The number of furan rings is 1. The number of carbonyl (C=O) groups excluding carboxylic acids is 1. The summed E-state index contributed by atoms with van der Waals surface area (Å²) in [5, 5.41) is 5.95. The van der Waals surface area contributed by atoms with Crippen molar-refractivity contribution in [3.05, 3.63) is 24.2 Å². The van der Waals surface area contributed by atoms with Gasteiger partial charge in [0.25, 0.3) is 0 Å². The van der Waals surface area contributed by atoms with E-state index in [1.165, 1.54) is 25.7 Å². The molecule has 1 aromatic heterocycles. The molecule has 2 N–H and O–H groups in total. The first-order chi connectivity index (χ1) is 8.83. The topological polar surface area (TPSA) is 54.3 Å². The minimum Gasteiger partial charge on any atom is -0.467 e. The molecule has 4 nitrogen and oxygen atoms in total. The Morgan fingerprint density at radius 1 is 1.28 bits per heavy atom. The van der Waals surface area contributed by atoms with Gasteiger partial charge >= 0.3 is 0 Å². The van der Waals surface area contributed by atoms with Crippen molar-refractivity contribution >= 4 is 5.91 Å². The first-order valence-electron chi connectivity index (χ1n) is 6.82. The third kappa shape index (κ3) is 7.12. The Morgan fingerprint density at radius 2 is 2.11 bits per heavy atom. The summed E-state index contributed by atoms with van der Waals surface area (Å²) in [5.74, 6) is 0.794. The van der Waals surface area contributed by atoms with Gasteiger partial charge in [-0.25, -0.2) is 0 Å². The number of hydrogen-bond donors (Lipinski definition) is 2. The maximum Gasteiger partial charge on any atom is 0.234 e. The number of amides is 1. The second-order valence-corrected chi connectivity index (χ2v) is 4.45. The zero-order chi connectivity index (χ0) is 13.1. The molecule has 0 aliphatic carbocycles. The third-order valence-corrected chi connectivity index (χ3v) is 2.78. The summed E-state index contributed by atoms with van der Waals surface area (Å²) in [7, 11) is 0. The van der Waals surface area contributed by atoms with E-state index in [0.717, 1.165) is 18.7 Å². The number of rotatable bonds is 10. The molecule has 1 amide bonds. The highest BCUT2D eigenvalue weighted by atomic mass is 16.3. The molecule has 0 atom stereocenters. The van der Waals surface area contributed by atoms with E-state index in [2.05, 4.69) is 17.6 Å². The first-order valence-corrected chi connectivity index (χ1v) is 6.82. The van der Waals surface area contributed by atoms with E-state index < -0.39 is 0 Å². The molecule has 102 valence electrons. The number of hydrogen-bond acceptors (Lipinski definition) is 3. The van der Waals surface area contributed by atoms with E-state index in [1.807, 2.05) is 12.1 Å². The summed E-state index contributed by atoms with van der Waals surface area (Å²) >= 11 is 0. The summed E-state index contributed by atoms with van der Waals surface area (Å²) in [6.45, 7) is 3.97. The number of nitrogens with one attached hydrogen (secondary N) is 2. The van der Waals surface area contributed by atoms with Gasteiger partial charge in [0.2, 0.25) is 5.91 Å². The molecule has 0 spiro atoms. The molecule has 0 bridgehead atoms. The van der Waals surface area contributed by atoms with Crippen LogP contribution < -0.4 is 10.6 Å². The zero-order valence-electron chi connectivity index (χ0n) is 11.2. The van der Waals surface area contributed by atoms with Crippen molar-refractivity contribution in [2.75, 3.05) is 13.1 Å². The van der Waals surface area contributed by atoms with Gasteiger partial charge in [-0.05, 0) is 25.1 Å². The van der Waals surface area contributed by atoms with Crippen LogP contribution in [-0.4, -0.2) is 19.0 Å². The lowest BCUT2D eigenvalue weighted by Crippen LogP contribution is -2.33. The Balaban J connectivity index is 1.90. The van der Waals surface area contributed by atoms with Crippen LogP contribution >= 0.6 is 0 Å². The quantitative estimate of drug-likeness (QED) is 0.629. The molecule has 0 fully saturated rings. The zero-order valence-corrected chi connectivity index (χ0v) is 11.2. The Labute approximate surface area is 109 Å². The summed E-state index contributed by atoms with van der Waals surface area (Å²) in [4.78, 5) is 11.5. The molecule has 0 aliphatic heterocycles. The smallest absolute Gasteiger partial charge is 0.234 e. The van der Waals surface area contributed by atoms with Gasteiger partial charge < -0.3 is 15.1 Å². The predicted molar refractivity (Wildman–Crippen MR) is 72.2 cm³/mol. The molecule has 1 rings (SSSR count). The van der Waals surface area contributed by atoms with Gasteiger partial charge in [0.05, 0.1) is 19.4 Å². The highest BCUT2D eigenvalue weighted by Gasteiger charge is 2.01. The normalized spacial score (nSPS) is 10.5. The second-order valence-electron chi connectivity index (χ2n) is 4.45. The van der Waals surface area contributed by atoms with Crippen molar-refractivity contribution in [1.82, 2.24) is 10.6 Å². The average molecular weight is 252 g/mol. The summed E-state index contributed by atoms with van der Waals surface area (Å²) in [6, 6.07) is 3.66. The molecule has 0 saturated heterocycles. The molecule has 4 heteroatoms. The fraction of sp³-hybridized carbons (Fsp3) is 0.643. The predicted octanol–water partition coefficient (Wildman–Crippen LogP) is 2.46. The number of carbonyl (C=O) groups is 1. The molecule has 0 unspecified atom stereocenters. The molecule has 0 radical (unpaired) electrons. The Hall–Kier alpha value is -1.29. The van der Waals surface area contributed by atoms with E-state index in [0.29, 0.717) is 13.1 Å². The van der Waals surface area contributed by atoms with Crippen LogP contribution in [0.3, 0.4) is 0 Å². The highest BCUT2D eigenvalue weighted by Crippen LogP contribution is 2.01. The highest BCUT2D eigenvalue weighted by molar-refractivity contribution is 5.77. The summed E-state index contributed by atoms with van der Waals surface area (Å²) in [6.07, 6.45) is 7.87. The fourth-order valence-corrected chi connectivity index (χ4v) is 1.72. The second kappa shape index (κ2) is 9.71. The van der Waals surface area contributed by atoms with Gasteiger partial charge in [0.15, 0.2) is 0 Å². The average Bonchev–Trinajstić information content (AvgIpc) is 2.88. The van der Waals surface area contributed by atoms with Crippen LogP contribution in [0.25, 0.3) is 0 Å². The van der Waals surface area contributed by atoms with Gasteiger partial charge in [-0.3, -0.25) is 4.79 Å². The third-order valence-electron chi connectivity index (χ3n) is 2.78. The van der Waals surface area contributed by atoms with Crippen molar-refractivity contribution in [2.45, 2.75) is 45.6 Å². The van der Waals surface area contributed by atoms with E-state index in [4.69, 9.17) is 4.42 Å². The monoisotopic (exact) mass is 252 g/mol. The van der Waals surface area contributed by atoms with E-state index in [1.54, 1.807) is 6.26 Å². The summed E-state index contributed by atoms with van der Waals surface area (Å²) in [5.41, 5.74) is 0. The van der Waals surface area contributed by atoms with Gasteiger partial charge in [0.1, 0.15) is 5.76 Å². The van der Waals surface area contributed by atoms with E-state index >= 15 is 0 Å². The van der Waals surface area contributed by atoms with Gasteiger partial charge in [-0.2, -0.15) is 0 Å². The van der Waals surface area contributed by atoms with Crippen LogP contribution in [0, 0.1) is 0 Å². The molecule has 0 saturated carbocycles. The lowest BCUT2D eigenvalue weighted by atomic mass is 10.1. The Bertz CT molecular complexity index is 310. The lowest BCUT2D eigenvalue weighted by molar-refractivity contribution is -0.120. The lowest BCUT2D eigenvalue weighted by Gasteiger charge is -2.05. The number of unbranched alkanes of at least 4 members (excludes halogenated alkanes) is 4. The molecule has 18 heavy (non-hydrogen) atoms. The maximum atomic E-state index is 11.5. The first kappa shape index (κ1) is 14.8. The van der Waals surface area contributed by atoms with Crippen molar-refractivity contribution in [1.29, 1.82) is 0 Å². The minimum atomic E-state index is 0.0139. The van der Waals surface area contributed by atoms with E-state index in [9.17, 15) is 4.79 Å². The van der Waals surface area contributed by atoms with Crippen LogP contribution in [0.2, 0.25) is 0 Å².